The summed E-state index contributed by atoms with van der Waals surface area (Å²) in [6.45, 7) is 20.3. The summed E-state index contributed by atoms with van der Waals surface area (Å²) in [6, 6.07) is 14.8. The summed E-state index contributed by atoms with van der Waals surface area (Å²) in [5.41, 5.74) is 2.02. The zero-order valence-corrected chi connectivity index (χ0v) is 35.1. The summed E-state index contributed by atoms with van der Waals surface area (Å²) in [7, 11) is -5.06. The molecule has 0 saturated carbocycles. The second kappa shape index (κ2) is 14.6. The number of allylic oxidation sites excluding steroid dienone is 2. The minimum absolute atomic E-state index is 0. The fourth-order valence-electron chi connectivity index (χ4n) is 6.77. The van der Waals surface area contributed by atoms with Gasteiger partial charge in [0.1, 0.15) is 16.9 Å². The van der Waals surface area contributed by atoms with Gasteiger partial charge in [0.05, 0.1) is 0 Å². The van der Waals surface area contributed by atoms with Gasteiger partial charge in [-0.25, -0.2) is 4.98 Å². The van der Waals surface area contributed by atoms with E-state index in [2.05, 4.69) is 42.9 Å². The van der Waals surface area contributed by atoms with Crippen LogP contribution >= 0.6 is 11.3 Å². The number of carbonyl (C=O) groups is 1. The van der Waals surface area contributed by atoms with Crippen molar-refractivity contribution in [3.05, 3.63) is 71.8 Å². The number of aliphatic hydroxyl groups is 1. The Balaban J connectivity index is 0.000000269. The number of fused-ring (bicyclic) bond motifs is 3. The van der Waals surface area contributed by atoms with E-state index in [1.54, 1.807) is 6.07 Å². The van der Waals surface area contributed by atoms with Gasteiger partial charge in [-0.1, -0.05) is 104 Å². The molecule has 1 N–H and O–H groups in total. The molecule has 0 amide bonds. The number of benzene rings is 3. The van der Waals surface area contributed by atoms with Gasteiger partial charge in [0, 0.05) is 63.4 Å². The van der Waals surface area contributed by atoms with Crippen LogP contribution in [-0.4, -0.2) is 29.6 Å². The molecule has 9 heteroatoms. The fourth-order valence-corrected chi connectivity index (χ4v) is 10.3. The first-order valence-corrected chi connectivity index (χ1v) is 20.0. The first-order chi connectivity index (χ1) is 22.9. The molecule has 3 heterocycles. The Bertz CT molecular complexity index is 2090. The van der Waals surface area contributed by atoms with Gasteiger partial charge in [0.2, 0.25) is 0 Å². The first kappa shape index (κ1) is 39.9. The van der Waals surface area contributed by atoms with Crippen LogP contribution in [0.4, 0.5) is 8.22 Å². The van der Waals surface area contributed by atoms with E-state index in [1.165, 1.54) is 23.7 Å². The molecule has 50 heavy (non-hydrogen) atoms. The summed E-state index contributed by atoms with van der Waals surface area (Å²) < 4.78 is 34.2. The van der Waals surface area contributed by atoms with Gasteiger partial charge in [-0.2, -0.15) is 0 Å². The van der Waals surface area contributed by atoms with Gasteiger partial charge >= 0.3 is 8.74 Å². The maximum Gasteiger partial charge on any atom is 0.452 e. The molecular weight excluding hydrogens is 843 g/mol. The Kier molecular flexibility index (Phi) is 11.7. The minimum atomic E-state index is -5.06. The molecule has 0 bridgehead atoms. The van der Waals surface area contributed by atoms with Gasteiger partial charge in [-0.05, 0) is 54.3 Å². The topological polar surface area (TPSA) is 63.1 Å². The number of aromatic nitrogens is 2. The van der Waals surface area contributed by atoms with E-state index in [0.29, 0.717) is 22.2 Å². The first-order valence-electron chi connectivity index (χ1n) is 17.4. The summed E-state index contributed by atoms with van der Waals surface area (Å²) >= 11 is 1.49. The Morgan fingerprint density at radius 3 is 2.16 bits per heavy atom. The molecule has 0 spiro atoms. The molecule has 4 nitrogen and oxygen atoms in total. The second-order valence-electron chi connectivity index (χ2n) is 15.3. The smallest absolute Gasteiger partial charge is 0.452 e. The van der Waals surface area contributed by atoms with Crippen LogP contribution in [0.3, 0.4) is 0 Å². The Hall–Kier alpha value is -2.84. The predicted octanol–water partition coefficient (Wildman–Crippen LogP) is 10.8. The van der Waals surface area contributed by atoms with Crippen molar-refractivity contribution in [2.75, 3.05) is 0 Å². The number of aliphatic hydroxyl groups excluding tert-OH is 1. The van der Waals surface area contributed by atoms with Crippen molar-refractivity contribution in [1.82, 2.24) is 9.97 Å². The number of halogens is 2. The van der Waals surface area contributed by atoms with Gasteiger partial charge in [0.15, 0.2) is 5.78 Å². The van der Waals surface area contributed by atoms with Gasteiger partial charge in [-0.15, -0.1) is 34.4 Å². The SMILES string of the molecule is CCC(C)(CC)C(=O)/C=C(\O)C(C)(CC)CC.Cc1c2c([c-]c3ccccc13)-c1ncnc3sc4cc(CC(C)(C)C)cc(c4c13)[Si]2(F)F.[Ir]. The molecule has 0 fully saturated rings. The zero-order valence-electron chi connectivity index (χ0n) is 30.9. The Morgan fingerprint density at radius 2 is 1.56 bits per heavy atom. The Labute approximate surface area is 314 Å². The molecule has 0 unspecified atom stereocenters. The van der Waals surface area contributed by atoms with Crippen LogP contribution in [-0.2, 0) is 31.3 Å². The van der Waals surface area contributed by atoms with Crippen LogP contribution in [0.1, 0.15) is 99.1 Å². The fraction of sp³-hybridized carbons (Fsp3) is 0.439. The number of ketones is 1. The summed E-state index contributed by atoms with van der Waals surface area (Å²) in [6.07, 6.45) is 6.99. The third-order valence-corrected chi connectivity index (χ3v) is 14.2. The molecule has 0 aliphatic carbocycles. The molecule has 1 radical (unpaired) electrons. The van der Waals surface area contributed by atoms with Crippen LogP contribution in [0.15, 0.2) is 54.6 Å². The molecule has 3 aromatic carbocycles. The van der Waals surface area contributed by atoms with Crippen molar-refractivity contribution in [2.24, 2.45) is 16.2 Å². The van der Waals surface area contributed by atoms with E-state index in [-0.39, 0.29) is 58.3 Å². The standard InChI is InChI=1S/C26H21F2N2SSi.C15H28O2.Ir/c1-14-17-8-6-5-7-16(17)11-18-23-22-21-19(31-25(22)30-13-29-23)9-15(12-26(2,3)4)10-20(21)32(27,28)24(14)18;1-7-14(5,8-2)12(16)11-13(17)15(6,9-3)10-4;/h5-10,13H,12H2,1-4H3;11,16H,7-10H2,1-6H3;/q-1;;/b;12-11-;. The van der Waals surface area contributed by atoms with E-state index in [1.807, 2.05) is 72.7 Å². The van der Waals surface area contributed by atoms with E-state index in [9.17, 15) is 9.90 Å². The molecule has 2 aromatic heterocycles. The summed E-state index contributed by atoms with van der Waals surface area (Å²) in [5.74, 6) is 0.286. The quantitative estimate of drug-likeness (QED) is 0.0554. The summed E-state index contributed by atoms with van der Waals surface area (Å²) in [4.78, 5) is 22.0. The summed E-state index contributed by atoms with van der Waals surface area (Å²) in [5, 5.41) is 13.5. The average molecular weight is 892 g/mol. The van der Waals surface area contributed by atoms with Crippen molar-refractivity contribution in [1.29, 1.82) is 0 Å². The number of thiophene rings is 1. The molecule has 0 saturated heterocycles. The van der Waals surface area contributed by atoms with Crippen LogP contribution in [0.2, 0.25) is 0 Å². The maximum absolute atomic E-state index is 16.7. The van der Waals surface area contributed by atoms with Crippen LogP contribution in [0.5, 0.6) is 0 Å². The van der Waals surface area contributed by atoms with Crippen molar-refractivity contribution in [3.63, 3.8) is 0 Å². The Morgan fingerprint density at radius 1 is 0.940 bits per heavy atom. The molecule has 6 rings (SSSR count). The molecule has 1 aliphatic rings. The van der Waals surface area contributed by atoms with Crippen molar-refractivity contribution in [2.45, 2.75) is 101 Å². The van der Waals surface area contributed by atoms with Crippen molar-refractivity contribution in [3.8, 4) is 11.3 Å². The van der Waals surface area contributed by atoms with Gasteiger partial charge in [-0.3, -0.25) is 18.0 Å². The largest absolute Gasteiger partial charge is 0.512 e. The van der Waals surface area contributed by atoms with E-state index < -0.39 is 8.74 Å². The third kappa shape index (κ3) is 7.13. The zero-order chi connectivity index (χ0) is 36.1. The molecule has 5 aromatic rings. The van der Waals surface area contributed by atoms with Gasteiger partial charge < -0.3 is 5.11 Å². The number of carbonyl (C=O) groups excluding carboxylic acids is 1. The molecule has 269 valence electrons. The van der Waals surface area contributed by atoms with Crippen LogP contribution in [0.25, 0.3) is 42.3 Å². The van der Waals surface area contributed by atoms with Crippen molar-refractivity contribution >= 4 is 67.3 Å². The van der Waals surface area contributed by atoms with Crippen LogP contribution < -0.4 is 10.4 Å². The maximum atomic E-state index is 16.7. The van der Waals surface area contributed by atoms with E-state index in [4.69, 9.17) is 0 Å². The number of rotatable bonds is 8. The van der Waals surface area contributed by atoms with Crippen LogP contribution in [0, 0.1) is 29.2 Å². The second-order valence-corrected chi connectivity index (χ2v) is 18.5. The monoisotopic (exact) mass is 892 g/mol. The number of aryl methyl sites for hydroxylation is 1. The number of hydrogen-bond donors (Lipinski definition) is 1. The number of nitrogens with zero attached hydrogens (tertiary/aromatic N) is 2. The number of hydrogen-bond acceptors (Lipinski definition) is 5. The average Bonchev–Trinajstić information content (AvgIpc) is 3.41. The molecule has 1 aliphatic heterocycles. The molecule has 0 atom stereocenters. The normalized spacial score (nSPS) is 14.3. The predicted molar refractivity (Wildman–Crippen MR) is 205 cm³/mol. The van der Waals surface area contributed by atoms with E-state index in [0.717, 1.165) is 63.4 Å². The van der Waals surface area contributed by atoms with Gasteiger partial charge in [0.25, 0.3) is 0 Å². The van der Waals surface area contributed by atoms with E-state index >= 15 is 8.22 Å². The molecular formula is C41H49F2IrN2O2SSi-. The van der Waals surface area contributed by atoms with Crippen molar-refractivity contribution < 1.29 is 38.2 Å². The minimum Gasteiger partial charge on any atom is -0.512 e. The third-order valence-electron chi connectivity index (χ3n) is 10.9.